The van der Waals surface area contributed by atoms with Crippen molar-refractivity contribution in [1.82, 2.24) is 9.21 Å². The number of sulfonamides is 1. The van der Waals surface area contributed by atoms with E-state index in [1.807, 2.05) is 37.3 Å². The van der Waals surface area contributed by atoms with Crippen LogP contribution in [0.1, 0.15) is 18.9 Å². The summed E-state index contributed by atoms with van der Waals surface area (Å²) in [4.78, 5) is 2.11. The Bertz CT molecular complexity index is 579. The number of piperazine rings is 1. The normalized spacial score (nSPS) is 19.5. The molecule has 0 aromatic heterocycles. The second-order valence-electron chi connectivity index (χ2n) is 5.52. The molecule has 0 bridgehead atoms. The van der Waals surface area contributed by atoms with Crippen LogP contribution < -0.4 is 0 Å². The largest absolute Gasteiger partial charge is 0.392 e. The van der Waals surface area contributed by atoms with E-state index in [-0.39, 0.29) is 6.10 Å². The van der Waals surface area contributed by atoms with Crippen LogP contribution in [0.3, 0.4) is 0 Å². The van der Waals surface area contributed by atoms with E-state index in [2.05, 4.69) is 4.90 Å². The Labute approximate surface area is 132 Å². The molecule has 5 nitrogen and oxygen atoms in total. The van der Waals surface area contributed by atoms with Gasteiger partial charge in [0.1, 0.15) is 0 Å². The Kier molecular flexibility index (Phi) is 6.14. The molecular weight excluding hydrogens is 300 g/mol. The van der Waals surface area contributed by atoms with Gasteiger partial charge in [-0.05, 0) is 18.1 Å². The van der Waals surface area contributed by atoms with E-state index in [0.717, 1.165) is 12.0 Å². The third kappa shape index (κ3) is 4.91. The number of aliphatic hydroxyl groups is 1. The molecule has 1 fully saturated rings. The van der Waals surface area contributed by atoms with E-state index in [1.165, 1.54) is 9.71 Å². The molecule has 1 aliphatic heterocycles. The topological polar surface area (TPSA) is 60.9 Å². The number of hydrogen-bond acceptors (Lipinski definition) is 4. The molecule has 1 aromatic rings. The molecule has 0 radical (unpaired) electrons. The lowest BCUT2D eigenvalue weighted by Crippen LogP contribution is -2.49. The van der Waals surface area contributed by atoms with Crippen LogP contribution in [0.4, 0.5) is 0 Å². The quantitative estimate of drug-likeness (QED) is 0.859. The van der Waals surface area contributed by atoms with Gasteiger partial charge in [-0.2, -0.15) is 4.31 Å². The molecule has 22 heavy (non-hydrogen) atoms. The van der Waals surface area contributed by atoms with Crippen molar-refractivity contribution in [3.63, 3.8) is 0 Å². The Morgan fingerprint density at radius 3 is 2.41 bits per heavy atom. The Morgan fingerprint density at radius 1 is 1.18 bits per heavy atom. The minimum absolute atomic E-state index is 0.332. The molecule has 2 rings (SSSR count). The molecule has 1 N–H and O–H groups in total. The van der Waals surface area contributed by atoms with Gasteiger partial charge in [0.05, 0.1) is 6.10 Å². The van der Waals surface area contributed by atoms with Gasteiger partial charge < -0.3 is 5.11 Å². The van der Waals surface area contributed by atoms with E-state index in [0.29, 0.717) is 32.7 Å². The van der Waals surface area contributed by atoms with Crippen LogP contribution in [-0.4, -0.2) is 61.6 Å². The van der Waals surface area contributed by atoms with Gasteiger partial charge >= 0.3 is 0 Å². The maximum atomic E-state index is 12.3. The second kappa shape index (κ2) is 7.87. The van der Waals surface area contributed by atoms with Crippen LogP contribution in [0, 0.1) is 0 Å². The van der Waals surface area contributed by atoms with Crippen LogP contribution in [0.15, 0.2) is 35.7 Å². The van der Waals surface area contributed by atoms with Crippen molar-refractivity contribution in [2.24, 2.45) is 0 Å². The number of β-amino-alcohol motifs (C(OH)–C–C–N with tert-alkyl or cyclic N) is 1. The van der Waals surface area contributed by atoms with E-state index in [9.17, 15) is 13.5 Å². The molecule has 1 aromatic carbocycles. The summed E-state index contributed by atoms with van der Waals surface area (Å²) in [5.74, 6) is 0. The molecule has 6 heteroatoms. The molecule has 0 saturated carbocycles. The average Bonchev–Trinajstić information content (AvgIpc) is 2.54. The SMILES string of the molecule is CCC(O)CN1CCN(S(=O)(=O)/C=C/c2ccccc2)CC1. The zero-order chi connectivity index (χ0) is 16.0. The van der Waals surface area contributed by atoms with Gasteiger partial charge in [0.15, 0.2) is 0 Å². The number of aliphatic hydroxyl groups excluding tert-OH is 1. The smallest absolute Gasteiger partial charge is 0.236 e. The molecule has 1 unspecified atom stereocenters. The first-order valence-corrected chi connectivity index (χ1v) is 9.15. The summed E-state index contributed by atoms with van der Waals surface area (Å²) in [6.07, 6.45) is 2.02. The lowest BCUT2D eigenvalue weighted by atomic mass is 10.2. The highest BCUT2D eigenvalue weighted by molar-refractivity contribution is 7.92. The molecule has 0 spiro atoms. The third-order valence-electron chi connectivity index (χ3n) is 3.86. The first-order chi connectivity index (χ1) is 10.5. The summed E-state index contributed by atoms with van der Waals surface area (Å²) in [6.45, 7) is 4.82. The predicted octanol–water partition coefficient (Wildman–Crippen LogP) is 1.38. The van der Waals surface area contributed by atoms with Crippen LogP contribution >= 0.6 is 0 Å². The monoisotopic (exact) mass is 324 g/mol. The number of rotatable bonds is 6. The van der Waals surface area contributed by atoms with Gasteiger partial charge in [-0.1, -0.05) is 37.3 Å². The highest BCUT2D eigenvalue weighted by atomic mass is 32.2. The van der Waals surface area contributed by atoms with Gasteiger partial charge in [0.25, 0.3) is 0 Å². The lowest BCUT2D eigenvalue weighted by molar-refractivity contribution is 0.0899. The predicted molar refractivity (Wildman–Crippen MR) is 88.7 cm³/mol. The fourth-order valence-corrected chi connectivity index (χ4v) is 3.58. The number of hydrogen-bond donors (Lipinski definition) is 1. The van der Waals surface area contributed by atoms with Gasteiger partial charge in [-0.25, -0.2) is 8.42 Å². The average molecular weight is 324 g/mol. The highest BCUT2D eigenvalue weighted by Crippen LogP contribution is 2.12. The highest BCUT2D eigenvalue weighted by Gasteiger charge is 2.25. The molecule has 0 aliphatic carbocycles. The fraction of sp³-hybridized carbons (Fsp3) is 0.500. The molecule has 1 saturated heterocycles. The van der Waals surface area contributed by atoms with E-state index >= 15 is 0 Å². The molecule has 0 amide bonds. The summed E-state index contributed by atoms with van der Waals surface area (Å²) in [5, 5.41) is 10.9. The van der Waals surface area contributed by atoms with Crippen molar-refractivity contribution >= 4 is 16.1 Å². The van der Waals surface area contributed by atoms with Gasteiger partial charge in [0.2, 0.25) is 10.0 Å². The number of benzene rings is 1. The first kappa shape index (κ1) is 17.1. The third-order valence-corrected chi connectivity index (χ3v) is 5.43. The maximum absolute atomic E-state index is 12.3. The number of nitrogens with zero attached hydrogens (tertiary/aromatic N) is 2. The summed E-state index contributed by atoms with van der Waals surface area (Å²) >= 11 is 0. The van der Waals surface area contributed by atoms with Crippen LogP contribution in [-0.2, 0) is 10.0 Å². The van der Waals surface area contributed by atoms with Crippen molar-refractivity contribution in [3.05, 3.63) is 41.3 Å². The van der Waals surface area contributed by atoms with Crippen LogP contribution in [0.2, 0.25) is 0 Å². The zero-order valence-corrected chi connectivity index (χ0v) is 13.7. The summed E-state index contributed by atoms with van der Waals surface area (Å²) in [7, 11) is -3.38. The summed E-state index contributed by atoms with van der Waals surface area (Å²) < 4.78 is 26.1. The first-order valence-electron chi connectivity index (χ1n) is 7.65. The molecule has 122 valence electrons. The van der Waals surface area contributed by atoms with Gasteiger partial charge in [-0.3, -0.25) is 4.90 Å². The molecule has 1 aliphatic rings. The molecule has 1 heterocycles. The van der Waals surface area contributed by atoms with E-state index in [4.69, 9.17) is 0 Å². The Morgan fingerprint density at radius 2 is 1.82 bits per heavy atom. The standard InChI is InChI=1S/C16H24N2O3S/c1-2-16(19)14-17-9-11-18(12-10-17)22(20,21)13-8-15-6-4-3-5-7-15/h3-8,13,16,19H,2,9-12,14H2,1H3/b13-8+. The van der Waals surface area contributed by atoms with Crippen molar-refractivity contribution in [3.8, 4) is 0 Å². The maximum Gasteiger partial charge on any atom is 0.236 e. The van der Waals surface area contributed by atoms with Crippen molar-refractivity contribution in [1.29, 1.82) is 0 Å². The van der Waals surface area contributed by atoms with Gasteiger partial charge in [0, 0.05) is 38.1 Å². The van der Waals surface area contributed by atoms with Crippen LogP contribution in [0.25, 0.3) is 6.08 Å². The van der Waals surface area contributed by atoms with Crippen molar-refractivity contribution in [2.75, 3.05) is 32.7 Å². The second-order valence-corrected chi connectivity index (χ2v) is 7.34. The zero-order valence-electron chi connectivity index (χ0n) is 12.9. The van der Waals surface area contributed by atoms with Crippen molar-refractivity contribution in [2.45, 2.75) is 19.4 Å². The minimum Gasteiger partial charge on any atom is -0.392 e. The summed E-state index contributed by atoms with van der Waals surface area (Å²) in [6, 6.07) is 9.40. The Balaban J connectivity index is 1.91. The van der Waals surface area contributed by atoms with Gasteiger partial charge in [-0.15, -0.1) is 0 Å². The molecule has 1 atom stereocenters. The van der Waals surface area contributed by atoms with E-state index in [1.54, 1.807) is 6.08 Å². The van der Waals surface area contributed by atoms with Crippen molar-refractivity contribution < 1.29 is 13.5 Å². The lowest BCUT2D eigenvalue weighted by Gasteiger charge is -2.34. The fourth-order valence-electron chi connectivity index (χ4n) is 2.41. The minimum atomic E-state index is -3.38. The Hall–Kier alpha value is -1.21. The molecular formula is C16H24N2O3S. The van der Waals surface area contributed by atoms with Crippen LogP contribution in [0.5, 0.6) is 0 Å². The summed E-state index contributed by atoms with van der Waals surface area (Å²) in [5.41, 5.74) is 0.871. The van der Waals surface area contributed by atoms with E-state index < -0.39 is 10.0 Å².